The van der Waals surface area contributed by atoms with E-state index in [-0.39, 0.29) is 11.6 Å². The van der Waals surface area contributed by atoms with Gasteiger partial charge in [-0.3, -0.25) is 10.1 Å². The van der Waals surface area contributed by atoms with Crippen LogP contribution in [0.15, 0.2) is 12.1 Å². The first-order chi connectivity index (χ1) is 10.1. The highest BCUT2D eigenvalue weighted by molar-refractivity contribution is 5.55. The van der Waals surface area contributed by atoms with Gasteiger partial charge in [0.25, 0.3) is 5.69 Å². The van der Waals surface area contributed by atoms with Gasteiger partial charge in [-0.25, -0.2) is 0 Å². The van der Waals surface area contributed by atoms with E-state index in [9.17, 15) is 10.1 Å². The Kier molecular flexibility index (Phi) is 4.98. The smallest absolute Gasteiger partial charge is 0.278 e. The summed E-state index contributed by atoms with van der Waals surface area (Å²) in [5.74, 6) is 0.934. The molecule has 1 saturated heterocycles. The van der Waals surface area contributed by atoms with Crippen molar-refractivity contribution < 1.29 is 19.1 Å². The molecule has 1 aromatic rings. The van der Waals surface area contributed by atoms with Crippen molar-refractivity contribution in [2.24, 2.45) is 11.7 Å². The van der Waals surface area contributed by atoms with E-state index in [0.29, 0.717) is 30.3 Å². The molecule has 0 aliphatic carbocycles. The van der Waals surface area contributed by atoms with Crippen molar-refractivity contribution in [2.45, 2.75) is 18.9 Å². The summed E-state index contributed by atoms with van der Waals surface area (Å²) >= 11 is 0. The molecule has 0 amide bonds. The number of nitro benzene ring substituents is 1. The van der Waals surface area contributed by atoms with Gasteiger partial charge in [-0.1, -0.05) is 0 Å². The topological polar surface area (TPSA) is 96.9 Å². The van der Waals surface area contributed by atoms with E-state index in [4.69, 9.17) is 19.9 Å². The fraction of sp³-hybridized carbons (Fsp3) is 0.571. The quantitative estimate of drug-likeness (QED) is 0.659. The first-order valence-electron chi connectivity index (χ1n) is 6.82. The van der Waals surface area contributed by atoms with Crippen LogP contribution in [0, 0.1) is 16.0 Å². The molecule has 21 heavy (non-hydrogen) atoms. The maximum Gasteiger partial charge on any atom is 0.278 e. The maximum absolute atomic E-state index is 11.3. The zero-order valence-corrected chi connectivity index (χ0v) is 12.2. The van der Waals surface area contributed by atoms with Crippen LogP contribution in [-0.4, -0.2) is 32.4 Å². The highest BCUT2D eigenvalue weighted by Gasteiger charge is 2.29. The van der Waals surface area contributed by atoms with Gasteiger partial charge < -0.3 is 19.9 Å². The summed E-state index contributed by atoms with van der Waals surface area (Å²) < 4.78 is 15.6. The van der Waals surface area contributed by atoms with E-state index in [0.717, 1.165) is 12.8 Å². The summed E-state index contributed by atoms with van der Waals surface area (Å²) in [5, 5.41) is 11.3. The fourth-order valence-corrected chi connectivity index (χ4v) is 2.64. The van der Waals surface area contributed by atoms with Gasteiger partial charge in [0.2, 0.25) is 0 Å². The molecule has 1 aliphatic rings. The van der Waals surface area contributed by atoms with Gasteiger partial charge in [-0.15, -0.1) is 0 Å². The van der Waals surface area contributed by atoms with Crippen molar-refractivity contribution in [3.63, 3.8) is 0 Å². The lowest BCUT2D eigenvalue weighted by Crippen LogP contribution is -2.28. The third-order valence-corrected chi connectivity index (χ3v) is 3.86. The molecule has 0 radical (unpaired) electrons. The minimum Gasteiger partial charge on any atom is -0.493 e. The molecule has 0 saturated carbocycles. The van der Waals surface area contributed by atoms with E-state index < -0.39 is 11.0 Å². The number of nitrogens with two attached hydrogens (primary N) is 1. The molecule has 1 atom stereocenters. The number of hydrogen-bond acceptors (Lipinski definition) is 6. The van der Waals surface area contributed by atoms with Crippen LogP contribution >= 0.6 is 0 Å². The number of ether oxygens (including phenoxy) is 3. The van der Waals surface area contributed by atoms with E-state index in [1.54, 1.807) is 6.07 Å². The zero-order valence-electron chi connectivity index (χ0n) is 12.2. The SMILES string of the molecule is COc1cc([C@H](N)C2CCOCC2)c([N+](=O)[O-])cc1OC. The third kappa shape index (κ3) is 3.25. The van der Waals surface area contributed by atoms with Crippen LogP contribution in [0.25, 0.3) is 0 Å². The molecule has 1 fully saturated rings. The average Bonchev–Trinajstić information content (AvgIpc) is 2.53. The summed E-state index contributed by atoms with van der Waals surface area (Å²) in [6, 6.07) is 2.55. The average molecular weight is 296 g/mol. The molecule has 1 aliphatic heterocycles. The molecule has 7 heteroatoms. The standard InChI is InChI=1S/C14H20N2O5/c1-19-12-7-10(11(16(17)18)8-13(12)20-2)14(15)9-3-5-21-6-4-9/h7-9,14H,3-6,15H2,1-2H3/t14-/m1/s1. The second kappa shape index (κ2) is 6.73. The Labute approximate surface area is 123 Å². The van der Waals surface area contributed by atoms with Crippen LogP contribution in [-0.2, 0) is 4.74 Å². The molecular formula is C14H20N2O5. The van der Waals surface area contributed by atoms with Crippen molar-refractivity contribution in [3.8, 4) is 11.5 Å². The Morgan fingerprint density at radius 1 is 1.29 bits per heavy atom. The number of nitrogens with zero attached hydrogens (tertiary/aromatic N) is 1. The van der Waals surface area contributed by atoms with Crippen LogP contribution in [0.5, 0.6) is 11.5 Å². The van der Waals surface area contributed by atoms with Crippen LogP contribution in [0.3, 0.4) is 0 Å². The molecule has 0 bridgehead atoms. The van der Waals surface area contributed by atoms with Gasteiger partial charge in [0.05, 0.1) is 30.8 Å². The first kappa shape index (κ1) is 15.5. The van der Waals surface area contributed by atoms with Crippen molar-refractivity contribution in [1.82, 2.24) is 0 Å². The Morgan fingerprint density at radius 3 is 2.38 bits per heavy atom. The van der Waals surface area contributed by atoms with Crippen LogP contribution in [0.4, 0.5) is 5.69 Å². The molecule has 2 N–H and O–H groups in total. The zero-order chi connectivity index (χ0) is 15.4. The predicted octanol–water partition coefficient (Wildman–Crippen LogP) is 2.04. The Bertz CT molecular complexity index is 514. The first-order valence-corrected chi connectivity index (χ1v) is 6.82. The summed E-state index contributed by atoms with van der Waals surface area (Å²) in [5.41, 5.74) is 6.71. The number of benzene rings is 1. The molecule has 116 valence electrons. The van der Waals surface area contributed by atoms with Crippen molar-refractivity contribution in [1.29, 1.82) is 0 Å². The summed E-state index contributed by atoms with van der Waals surface area (Å²) in [7, 11) is 2.94. The Morgan fingerprint density at radius 2 is 1.86 bits per heavy atom. The fourth-order valence-electron chi connectivity index (χ4n) is 2.64. The lowest BCUT2D eigenvalue weighted by atomic mass is 9.87. The molecule has 0 spiro atoms. The molecule has 1 aromatic carbocycles. The predicted molar refractivity (Wildman–Crippen MR) is 76.7 cm³/mol. The number of hydrogen-bond donors (Lipinski definition) is 1. The van der Waals surface area contributed by atoms with Gasteiger partial charge in [0.15, 0.2) is 11.5 Å². The number of methoxy groups -OCH3 is 2. The van der Waals surface area contributed by atoms with Crippen LogP contribution in [0.1, 0.15) is 24.4 Å². The summed E-state index contributed by atoms with van der Waals surface area (Å²) in [4.78, 5) is 10.9. The van der Waals surface area contributed by atoms with Gasteiger partial charge >= 0.3 is 0 Å². The number of nitro groups is 1. The Balaban J connectivity index is 2.41. The van der Waals surface area contributed by atoms with E-state index in [2.05, 4.69) is 0 Å². The molecule has 7 nitrogen and oxygen atoms in total. The Hall–Kier alpha value is -1.86. The molecule has 1 heterocycles. The lowest BCUT2D eigenvalue weighted by Gasteiger charge is -2.28. The molecule has 0 aromatic heterocycles. The highest BCUT2D eigenvalue weighted by atomic mass is 16.6. The molecular weight excluding hydrogens is 276 g/mol. The van der Waals surface area contributed by atoms with Crippen molar-refractivity contribution in [3.05, 3.63) is 27.8 Å². The van der Waals surface area contributed by atoms with E-state index in [1.807, 2.05) is 0 Å². The lowest BCUT2D eigenvalue weighted by molar-refractivity contribution is -0.385. The second-order valence-corrected chi connectivity index (χ2v) is 5.00. The normalized spacial score (nSPS) is 17.3. The highest BCUT2D eigenvalue weighted by Crippen LogP contribution is 2.40. The van der Waals surface area contributed by atoms with Crippen molar-refractivity contribution >= 4 is 5.69 Å². The number of rotatable bonds is 5. The minimum atomic E-state index is -0.434. The molecule has 0 unspecified atom stereocenters. The van der Waals surface area contributed by atoms with Gasteiger partial charge in [0, 0.05) is 19.3 Å². The summed E-state index contributed by atoms with van der Waals surface area (Å²) in [6.45, 7) is 1.28. The largest absolute Gasteiger partial charge is 0.493 e. The minimum absolute atomic E-state index is 0.0355. The van der Waals surface area contributed by atoms with Gasteiger partial charge in [0.1, 0.15) is 0 Å². The molecule has 2 rings (SSSR count). The maximum atomic E-state index is 11.3. The van der Waals surface area contributed by atoms with Gasteiger partial charge in [-0.2, -0.15) is 0 Å². The summed E-state index contributed by atoms with van der Waals surface area (Å²) in [6.07, 6.45) is 1.60. The van der Waals surface area contributed by atoms with Crippen LogP contribution < -0.4 is 15.2 Å². The van der Waals surface area contributed by atoms with E-state index in [1.165, 1.54) is 20.3 Å². The third-order valence-electron chi connectivity index (χ3n) is 3.86. The van der Waals surface area contributed by atoms with Gasteiger partial charge in [-0.05, 0) is 24.8 Å². The van der Waals surface area contributed by atoms with Crippen LogP contribution in [0.2, 0.25) is 0 Å². The van der Waals surface area contributed by atoms with E-state index >= 15 is 0 Å². The second-order valence-electron chi connectivity index (χ2n) is 5.00. The van der Waals surface area contributed by atoms with Crippen molar-refractivity contribution in [2.75, 3.05) is 27.4 Å². The monoisotopic (exact) mass is 296 g/mol.